The molecule has 4 nitrogen and oxygen atoms in total. The second-order valence-corrected chi connectivity index (χ2v) is 9.05. The molecular formula is C21H23F5N2O2. The molecule has 0 spiro atoms. The number of hydrogen-bond donors (Lipinski definition) is 0. The molecule has 2 rings (SSSR count). The Morgan fingerprint density at radius 2 is 1.30 bits per heavy atom. The molecule has 0 N–H and O–H groups in total. The average molecular weight is 430 g/mol. The molecule has 1 aromatic heterocycles. The van der Waals surface area contributed by atoms with E-state index in [-0.39, 0.29) is 5.41 Å². The molecule has 9 heteroatoms. The first-order valence-electron chi connectivity index (χ1n) is 9.15. The first-order chi connectivity index (χ1) is 13.7. The number of rotatable bonds is 4. The zero-order valence-corrected chi connectivity index (χ0v) is 17.5. The number of nitrogens with zero attached hydrogens (tertiary/aromatic N) is 2. The standard InChI is InChI=1S/C21H23F5N2O2/c1-20(2,3)12(10-7-27-19(28-8-10)21(4,5)6)18(29)30-9-11-13(22)15(24)17(26)16(25)14(11)23/h7-8,12H,9H2,1-6H3. The van der Waals surface area contributed by atoms with Crippen LogP contribution < -0.4 is 0 Å². The topological polar surface area (TPSA) is 52.1 Å². The Balaban J connectivity index is 2.33. The van der Waals surface area contributed by atoms with E-state index >= 15 is 0 Å². The summed E-state index contributed by atoms with van der Waals surface area (Å²) < 4.78 is 72.5. The summed E-state index contributed by atoms with van der Waals surface area (Å²) in [6.07, 6.45) is 2.92. The van der Waals surface area contributed by atoms with Crippen LogP contribution in [0.2, 0.25) is 0 Å². The maximum atomic E-state index is 13.8. The van der Waals surface area contributed by atoms with Gasteiger partial charge in [0.2, 0.25) is 5.82 Å². The van der Waals surface area contributed by atoms with E-state index in [9.17, 15) is 26.7 Å². The van der Waals surface area contributed by atoms with Crippen molar-refractivity contribution in [3.63, 3.8) is 0 Å². The predicted molar refractivity (Wildman–Crippen MR) is 99.0 cm³/mol. The molecule has 1 atom stereocenters. The molecule has 0 amide bonds. The summed E-state index contributed by atoms with van der Waals surface area (Å²) in [5, 5.41) is 0. The van der Waals surface area contributed by atoms with Gasteiger partial charge in [0.15, 0.2) is 23.3 Å². The molecule has 1 unspecified atom stereocenters. The van der Waals surface area contributed by atoms with Crippen LogP contribution in [0.15, 0.2) is 12.4 Å². The number of carbonyl (C=O) groups excluding carboxylic acids is 1. The molecule has 2 aromatic rings. The van der Waals surface area contributed by atoms with Crippen molar-refractivity contribution in [2.45, 2.75) is 59.5 Å². The van der Waals surface area contributed by atoms with Crippen molar-refractivity contribution < 1.29 is 31.5 Å². The van der Waals surface area contributed by atoms with Gasteiger partial charge in [-0.1, -0.05) is 41.5 Å². The third-order valence-electron chi connectivity index (χ3n) is 4.44. The summed E-state index contributed by atoms with van der Waals surface area (Å²) in [6.45, 7) is 9.84. The Morgan fingerprint density at radius 1 is 0.867 bits per heavy atom. The number of hydrogen-bond acceptors (Lipinski definition) is 4. The SMILES string of the molecule is CC(C)(C)c1ncc(C(C(=O)OCc2c(F)c(F)c(F)c(F)c2F)C(C)(C)C)cn1. The van der Waals surface area contributed by atoms with Crippen LogP contribution >= 0.6 is 0 Å². The van der Waals surface area contributed by atoms with Gasteiger partial charge >= 0.3 is 5.97 Å². The predicted octanol–water partition coefficient (Wildman–Crippen LogP) is 5.34. The van der Waals surface area contributed by atoms with Crippen LogP contribution in [-0.4, -0.2) is 15.9 Å². The summed E-state index contributed by atoms with van der Waals surface area (Å²) in [5.41, 5.74) is -1.84. The van der Waals surface area contributed by atoms with Crippen LogP contribution in [0, 0.1) is 34.5 Å². The van der Waals surface area contributed by atoms with Gasteiger partial charge in [-0.25, -0.2) is 31.9 Å². The minimum absolute atomic E-state index is 0.317. The van der Waals surface area contributed by atoms with Gasteiger partial charge in [0.25, 0.3) is 0 Å². The molecule has 0 saturated carbocycles. The Bertz CT molecular complexity index is 919. The Morgan fingerprint density at radius 3 is 1.70 bits per heavy atom. The van der Waals surface area contributed by atoms with E-state index in [4.69, 9.17) is 4.74 Å². The smallest absolute Gasteiger partial charge is 0.314 e. The highest BCUT2D eigenvalue weighted by Crippen LogP contribution is 2.36. The average Bonchev–Trinajstić information content (AvgIpc) is 2.63. The lowest BCUT2D eigenvalue weighted by atomic mass is 9.77. The molecule has 0 aliphatic heterocycles. The fraction of sp³-hybridized carbons (Fsp3) is 0.476. The number of halogens is 5. The van der Waals surface area contributed by atoms with Gasteiger partial charge in [0.1, 0.15) is 12.4 Å². The molecule has 164 valence electrons. The van der Waals surface area contributed by atoms with Crippen LogP contribution in [0.4, 0.5) is 22.0 Å². The molecule has 0 fully saturated rings. The monoisotopic (exact) mass is 430 g/mol. The molecular weight excluding hydrogens is 407 g/mol. The van der Waals surface area contributed by atoms with Crippen LogP contribution in [-0.2, 0) is 21.6 Å². The van der Waals surface area contributed by atoms with E-state index in [1.54, 1.807) is 20.8 Å². The van der Waals surface area contributed by atoms with Gasteiger partial charge in [-0.05, 0) is 5.41 Å². The molecule has 30 heavy (non-hydrogen) atoms. The molecule has 0 saturated heterocycles. The fourth-order valence-electron chi connectivity index (χ4n) is 2.87. The summed E-state index contributed by atoms with van der Waals surface area (Å²) in [6, 6.07) is 0. The number of benzene rings is 1. The Kier molecular flexibility index (Phi) is 6.54. The Labute approximate surface area is 171 Å². The maximum absolute atomic E-state index is 13.8. The quantitative estimate of drug-likeness (QED) is 0.284. The van der Waals surface area contributed by atoms with E-state index in [0.717, 1.165) is 0 Å². The van der Waals surface area contributed by atoms with Crippen molar-refractivity contribution in [2.24, 2.45) is 5.41 Å². The van der Waals surface area contributed by atoms with Crippen LogP contribution in [0.25, 0.3) is 0 Å². The van der Waals surface area contributed by atoms with Crippen molar-refractivity contribution in [1.82, 2.24) is 9.97 Å². The second-order valence-electron chi connectivity index (χ2n) is 9.05. The van der Waals surface area contributed by atoms with Gasteiger partial charge < -0.3 is 4.74 Å². The zero-order chi connectivity index (χ0) is 23.0. The first kappa shape index (κ1) is 23.7. The van der Waals surface area contributed by atoms with Crippen molar-refractivity contribution >= 4 is 5.97 Å². The summed E-state index contributed by atoms with van der Waals surface area (Å²) in [7, 11) is 0. The lowest BCUT2D eigenvalue weighted by molar-refractivity contribution is -0.149. The molecule has 0 bridgehead atoms. The van der Waals surface area contributed by atoms with E-state index in [1.165, 1.54) is 12.4 Å². The number of ether oxygens (including phenoxy) is 1. The minimum Gasteiger partial charge on any atom is -0.460 e. The highest BCUT2D eigenvalue weighted by atomic mass is 19.2. The largest absolute Gasteiger partial charge is 0.460 e. The lowest BCUT2D eigenvalue weighted by Gasteiger charge is -2.29. The number of carbonyl (C=O) groups is 1. The molecule has 0 aliphatic rings. The van der Waals surface area contributed by atoms with Gasteiger partial charge in [-0.15, -0.1) is 0 Å². The number of esters is 1. The van der Waals surface area contributed by atoms with Crippen molar-refractivity contribution in [2.75, 3.05) is 0 Å². The van der Waals surface area contributed by atoms with Crippen LogP contribution in [0.3, 0.4) is 0 Å². The molecule has 1 heterocycles. The molecule has 0 radical (unpaired) electrons. The van der Waals surface area contributed by atoms with E-state index in [2.05, 4.69) is 9.97 Å². The normalized spacial score (nSPS) is 13.3. The second kappa shape index (κ2) is 8.28. The highest BCUT2D eigenvalue weighted by Gasteiger charge is 2.36. The molecule has 0 aliphatic carbocycles. The molecule has 1 aromatic carbocycles. The number of aromatic nitrogens is 2. The third kappa shape index (κ3) is 4.76. The summed E-state index contributed by atoms with van der Waals surface area (Å²) >= 11 is 0. The fourth-order valence-corrected chi connectivity index (χ4v) is 2.87. The lowest BCUT2D eigenvalue weighted by Crippen LogP contribution is -2.29. The zero-order valence-electron chi connectivity index (χ0n) is 17.5. The summed E-state index contributed by atoms with van der Waals surface area (Å²) in [4.78, 5) is 21.3. The Hall–Kier alpha value is -2.58. The van der Waals surface area contributed by atoms with Gasteiger partial charge in [0, 0.05) is 23.4 Å². The highest BCUT2D eigenvalue weighted by molar-refractivity contribution is 5.79. The van der Waals surface area contributed by atoms with E-state index < -0.39 is 58.6 Å². The summed E-state index contributed by atoms with van der Waals surface area (Å²) in [5.74, 6) is -11.8. The maximum Gasteiger partial charge on any atom is 0.314 e. The van der Waals surface area contributed by atoms with E-state index in [0.29, 0.717) is 11.4 Å². The van der Waals surface area contributed by atoms with Gasteiger partial charge in [0.05, 0.1) is 11.5 Å². The van der Waals surface area contributed by atoms with Crippen LogP contribution in [0.1, 0.15) is 64.4 Å². The van der Waals surface area contributed by atoms with Gasteiger partial charge in [-0.2, -0.15) is 0 Å². The van der Waals surface area contributed by atoms with E-state index in [1.807, 2.05) is 20.8 Å². The van der Waals surface area contributed by atoms with Gasteiger partial charge in [-0.3, -0.25) is 4.79 Å². The van der Waals surface area contributed by atoms with Crippen molar-refractivity contribution in [3.8, 4) is 0 Å². The van der Waals surface area contributed by atoms with Crippen molar-refractivity contribution in [3.05, 3.63) is 58.4 Å². The van der Waals surface area contributed by atoms with Crippen molar-refractivity contribution in [1.29, 1.82) is 0 Å². The third-order valence-corrected chi connectivity index (χ3v) is 4.44. The van der Waals surface area contributed by atoms with Crippen LogP contribution in [0.5, 0.6) is 0 Å². The minimum atomic E-state index is -2.27. The first-order valence-corrected chi connectivity index (χ1v) is 9.15.